The number of nitrogens with zero attached hydrogens (tertiary/aromatic N) is 1. The lowest BCUT2D eigenvalue weighted by Crippen LogP contribution is -2.40. The van der Waals surface area contributed by atoms with Gasteiger partial charge in [-0.15, -0.1) is 11.8 Å². The molecule has 2 aliphatic rings. The molecule has 2 saturated heterocycles. The number of sulfone groups is 1. The van der Waals surface area contributed by atoms with Gasteiger partial charge in [0.1, 0.15) is 0 Å². The highest BCUT2D eigenvalue weighted by atomic mass is 32.2. The van der Waals surface area contributed by atoms with Crippen molar-refractivity contribution in [3.8, 4) is 0 Å². The fourth-order valence-corrected chi connectivity index (χ4v) is 5.20. The molecule has 24 heavy (non-hydrogen) atoms. The summed E-state index contributed by atoms with van der Waals surface area (Å²) in [6.07, 6.45) is 2.60. The molecule has 130 valence electrons. The summed E-state index contributed by atoms with van der Waals surface area (Å²) in [5, 5.41) is 2.79. The maximum Gasteiger partial charge on any atom is 0.227 e. The number of nitrogens with one attached hydrogen (secondary N) is 1. The molecule has 0 radical (unpaired) electrons. The summed E-state index contributed by atoms with van der Waals surface area (Å²) in [6, 6.07) is 7.34. The molecule has 0 bridgehead atoms. The SMILES string of the molecule is CSc1ccc(N2C[C@H](C(=O)N[C@H]3CCS(=O)(=O)C3)CC2=O)cc1. The van der Waals surface area contributed by atoms with Gasteiger partial charge in [-0.25, -0.2) is 8.42 Å². The Hall–Kier alpha value is -1.54. The third-order valence-electron chi connectivity index (χ3n) is 4.46. The molecule has 1 aromatic carbocycles. The maximum absolute atomic E-state index is 12.3. The highest BCUT2D eigenvalue weighted by molar-refractivity contribution is 7.98. The van der Waals surface area contributed by atoms with Crippen molar-refractivity contribution in [2.24, 2.45) is 5.92 Å². The van der Waals surface area contributed by atoms with E-state index in [0.29, 0.717) is 13.0 Å². The van der Waals surface area contributed by atoms with Gasteiger partial charge in [-0.1, -0.05) is 0 Å². The van der Waals surface area contributed by atoms with E-state index in [1.165, 1.54) is 0 Å². The van der Waals surface area contributed by atoms with Crippen LogP contribution in [0.25, 0.3) is 0 Å². The number of benzene rings is 1. The second-order valence-electron chi connectivity index (χ2n) is 6.21. The van der Waals surface area contributed by atoms with Crippen LogP contribution in [-0.2, 0) is 19.4 Å². The smallest absolute Gasteiger partial charge is 0.227 e. The Bertz CT molecular complexity index is 746. The van der Waals surface area contributed by atoms with Crippen LogP contribution in [0, 0.1) is 5.92 Å². The average molecular weight is 368 g/mol. The molecule has 3 rings (SSSR count). The molecule has 6 nitrogen and oxygen atoms in total. The Labute approximate surface area is 145 Å². The quantitative estimate of drug-likeness (QED) is 0.804. The molecule has 0 spiro atoms. The van der Waals surface area contributed by atoms with Crippen molar-refractivity contribution in [1.29, 1.82) is 0 Å². The van der Waals surface area contributed by atoms with Gasteiger partial charge in [0.05, 0.1) is 17.4 Å². The van der Waals surface area contributed by atoms with Gasteiger partial charge in [0.25, 0.3) is 0 Å². The lowest BCUT2D eigenvalue weighted by molar-refractivity contribution is -0.126. The second-order valence-corrected chi connectivity index (χ2v) is 9.32. The first-order valence-electron chi connectivity index (χ1n) is 7.83. The van der Waals surface area contributed by atoms with Crippen molar-refractivity contribution in [1.82, 2.24) is 5.32 Å². The molecule has 0 saturated carbocycles. The zero-order valence-corrected chi connectivity index (χ0v) is 15.0. The van der Waals surface area contributed by atoms with Crippen LogP contribution in [0.5, 0.6) is 0 Å². The fraction of sp³-hybridized carbons (Fsp3) is 0.500. The van der Waals surface area contributed by atoms with Crippen molar-refractivity contribution in [2.45, 2.75) is 23.8 Å². The van der Waals surface area contributed by atoms with Crippen molar-refractivity contribution in [2.75, 3.05) is 29.2 Å². The number of carbonyl (C=O) groups is 2. The highest BCUT2D eigenvalue weighted by Gasteiger charge is 2.37. The molecule has 0 aromatic heterocycles. The van der Waals surface area contributed by atoms with Crippen LogP contribution in [0.3, 0.4) is 0 Å². The van der Waals surface area contributed by atoms with Gasteiger partial charge in [0, 0.05) is 29.6 Å². The van der Waals surface area contributed by atoms with E-state index in [-0.39, 0.29) is 35.8 Å². The summed E-state index contributed by atoms with van der Waals surface area (Å²) in [6.45, 7) is 0.336. The van der Waals surface area contributed by atoms with Crippen molar-refractivity contribution >= 4 is 39.1 Å². The Balaban J connectivity index is 1.62. The van der Waals surface area contributed by atoms with Crippen LogP contribution in [-0.4, -0.2) is 50.6 Å². The first-order valence-corrected chi connectivity index (χ1v) is 10.9. The van der Waals surface area contributed by atoms with E-state index in [1.807, 2.05) is 30.5 Å². The number of hydrogen-bond donors (Lipinski definition) is 1. The number of thioether (sulfide) groups is 1. The first-order chi connectivity index (χ1) is 11.4. The summed E-state index contributed by atoms with van der Waals surface area (Å²) in [5.41, 5.74) is 0.788. The van der Waals surface area contributed by atoms with E-state index in [2.05, 4.69) is 5.32 Å². The lowest BCUT2D eigenvalue weighted by atomic mass is 10.1. The minimum Gasteiger partial charge on any atom is -0.352 e. The molecule has 0 unspecified atom stereocenters. The molecule has 1 aromatic rings. The fourth-order valence-electron chi connectivity index (χ4n) is 3.12. The number of carbonyl (C=O) groups excluding carboxylic acids is 2. The normalized spacial score (nSPS) is 25.9. The van der Waals surface area contributed by atoms with E-state index in [9.17, 15) is 18.0 Å². The van der Waals surface area contributed by atoms with E-state index < -0.39 is 15.8 Å². The average Bonchev–Trinajstić information content (AvgIpc) is 3.10. The zero-order chi connectivity index (χ0) is 17.3. The molecule has 2 amide bonds. The number of hydrogen-bond acceptors (Lipinski definition) is 5. The predicted octanol–water partition coefficient (Wildman–Crippen LogP) is 1.06. The highest BCUT2D eigenvalue weighted by Crippen LogP contribution is 2.27. The second kappa shape index (κ2) is 6.76. The third kappa shape index (κ3) is 3.75. The lowest BCUT2D eigenvalue weighted by Gasteiger charge is -2.18. The van der Waals surface area contributed by atoms with Gasteiger partial charge in [-0.3, -0.25) is 9.59 Å². The monoisotopic (exact) mass is 368 g/mol. The number of amides is 2. The summed E-state index contributed by atoms with van der Waals surface area (Å²) in [5.74, 6) is -0.616. The van der Waals surface area contributed by atoms with E-state index >= 15 is 0 Å². The summed E-state index contributed by atoms with van der Waals surface area (Å²) < 4.78 is 22.9. The molecular formula is C16H20N2O4S2. The van der Waals surface area contributed by atoms with Gasteiger partial charge in [-0.05, 0) is 36.9 Å². The van der Waals surface area contributed by atoms with Crippen LogP contribution >= 0.6 is 11.8 Å². The summed E-state index contributed by atoms with van der Waals surface area (Å²) >= 11 is 1.63. The van der Waals surface area contributed by atoms with Crippen LogP contribution < -0.4 is 10.2 Å². The molecule has 1 N–H and O–H groups in total. The summed E-state index contributed by atoms with van der Waals surface area (Å²) in [4.78, 5) is 27.3. The standard InChI is InChI=1S/C16H20N2O4S2/c1-23-14-4-2-13(3-5-14)18-9-11(8-15(18)19)16(20)17-12-6-7-24(21,22)10-12/h2-5,11-12H,6-10H2,1H3,(H,17,20)/t11-,12+/m1/s1. The third-order valence-corrected chi connectivity index (χ3v) is 6.97. The molecule has 0 aliphatic carbocycles. The van der Waals surface area contributed by atoms with Crippen molar-refractivity contribution in [3.05, 3.63) is 24.3 Å². The minimum absolute atomic E-state index is 0.000727. The van der Waals surface area contributed by atoms with E-state index in [4.69, 9.17) is 0 Å². The van der Waals surface area contributed by atoms with Crippen LogP contribution in [0.2, 0.25) is 0 Å². The Kier molecular flexibility index (Phi) is 4.87. The van der Waals surface area contributed by atoms with Gasteiger partial charge >= 0.3 is 0 Å². The van der Waals surface area contributed by atoms with Crippen LogP contribution in [0.1, 0.15) is 12.8 Å². The molecule has 8 heteroatoms. The van der Waals surface area contributed by atoms with Crippen LogP contribution in [0.4, 0.5) is 5.69 Å². The largest absolute Gasteiger partial charge is 0.352 e. The molecule has 2 atom stereocenters. The van der Waals surface area contributed by atoms with Gasteiger partial charge < -0.3 is 10.2 Å². The topological polar surface area (TPSA) is 83.6 Å². The maximum atomic E-state index is 12.3. The number of anilines is 1. The summed E-state index contributed by atoms with van der Waals surface area (Å²) in [7, 11) is -3.03. The predicted molar refractivity (Wildman–Crippen MR) is 93.9 cm³/mol. The number of rotatable bonds is 4. The van der Waals surface area contributed by atoms with E-state index in [0.717, 1.165) is 10.6 Å². The zero-order valence-electron chi connectivity index (χ0n) is 13.4. The minimum atomic E-state index is -3.03. The van der Waals surface area contributed by atoms with Crippen molar-refractivity contribution in [3.63, 3.8) is 0 Å². The van der Waals surface area contributed by atoms with Crippen molar-refractivity contribution < 1.29 is 18.0 Å². The van der Waals surface area contributed by atoms with Gasteiger partial charge in [0.15, 0.2) is 9.84 Å². The van der Waals surface area contributed by atoms with Crippen LogP contribution in [0.15, 0.2) is 29.2 Å². The molecular weight excluding hydrogens is 348 g/mol. The molecule has 2 fully saturated rings. The van der Waals surface area contributed by atoms with E-state index in [1.54, 1.807) is 16.7 Å². The van der Waals surface area contributed by atoms with Gasteiger partial charge in [-0.2, -0.15) is 0 Å². The molecule has 2 aliphatic heterocycles. The van der Waals surface area contributed by atoms with Gasteiger partial charge in [0.2, 0.25) is 11.8 Å². The first kappa shape index (κ1) is 17.3. The Morgan fingerprint density at radius 1 is 1.29 bits per heavy atom. The Morgan fingerprint density at radius 3 is 2.58 bits per heavy atom. The Morgan fingerprint density at radius 2 is 2.00 bits per heavy atom. The molecule has 2 heterocycles.